The standard InChI is InChI=1S/C16H32FNO2/c1-4-5-6-7-8-9-10-11-12-20-15(19)14(18)13-16(2,3)17/h14H,4-13,18H2,1-3H3/t14-/m0/s1. The maximum atomic E-state index is 13.3. The second kappa shape index (κ2) is 11.1. The van der Waals surface area contributed by atoms with Gasteiger partial charge in [-0.2, -0.15) is 0 Å². The van der Waals surface area contributed by atoms with Crippen LogP contribution in [0.4, 0.5) is 4.39 Å². The van der Waals surface area contributed by atoms with Crippen LogP contribution >= 0.6 is 0 Å². The van der Waals surface area contributed by atoms with Crippen LogP contribution in [0, 0.1) is 0 Å². The van der Waals surface area contributed by atoms with E-state index < -0.39 is 17.7 Å². The summed E-state index contributed by atoms with van der Waals surface area (Å²) in [5.74, 6) is -0.487. The third kappa shape index (κ3) is 12.4. The number of hydrogen-bond donors (Lipinski definition) is 1. The van der Waals surface area contributed by atoms with Crippen LogP contribution in [0.1, 0.15) is 78.6 Å². The summed E-state index contributed by atoms with van der Waals surface area (Å²) in [6.45, 7) is 5.44. The Kier molecular flexibility index (Phi) is 10.7. The zero-order valence-electron chi connectivity index (χ0n) is 13.4. The van der Waals surface area contributed by atoms with Crippen molar-refractivity contribution >= 4 is 5.97 Å². The maximum absolute atomic E-state index is 13.3. The number of halogens is 1. The Bertz CT molecular complexity index is 251. The van der Waals surface area contributed by atoms with Crippen LogP contribution in [0.2, 0.25) is 0 Å². The molecule has 1 atom stereocenters. The normalized spacial score (nSPS) is 13.2. The molecule has 0 aliphatic carbocycles. The lowest BCUT2D eigenvalue weighted by Gasteiger charge is -2.18. The molecular formula is C16H32FNO2. The Morgan fingerprint density at radius 2 is 1.60 bits per heavy atom. The summed E-state index contributed by atoms with van der Waals surface area (Å²) in [6.07, 6.45) is 9.59. The van der Waals surface area contributed by atoms with Gasteiger partial charge < -0.3 is 10.5 Å². The van der Waals surface area contributed by atoms with E-state index in [9.17, 15) is 9.18 Å². The highest BCUT2D eigenvalue weighted by atomic mass is 19.1. The highest BCUT2D eigenvalue weighted by Crippen LogP contribution is 2.16. The quantitative estimate of drug-likeness (QED) is 0.434. The molecule has 120 valence electrons. The van der Waals surface area contributed by atoms with Crippen LogP contribution < -0.4 is 5.73 Å². The number of rotatable bonds is 12. The van der Waals surface area contributed by atoms with Crippen molar-refractivity contribution in [3.8, 4) is 0 Å². The first-order valence-corrected chi connectivity index (χ1v) is 7.98. The van der Waals surface area contributed by atoms with Crippen LogP contribution in [0.15, 0.2) is 0 Å². The van der Waals surface area contributed by atoms with Gasteiger partial charge in [-0.1, -0.05) is 51.9 Å². The molecular weight excluding hydrogens is 257 g/mol. The predicted octanol–water partition coefficient (Wildman–Crippen LogP) is 4.14. The number of unbranched alkanes of at least 4 members (excludes halogenated alkanes) is 7. The molecule has 0 saturated heterocycles. The van der Waals surface area contributed by atoms with Crippen molar-refractivity contribution in [1.82, 2.24) is 0 Å². The molecule has 0 amide bonds. The van der Waals surface area contributed by atoms with Gasteiger partial charge in [0.05, 0.1) is 6.61 Å². The molecule has 4 heteroatoms. The van der Waals surface area contributed by atoms with Crippen molar-refractivity contribution in [2.75, 3.05) is 6.61 Å². The van der Waals surface area contributed by atoms with E-state index in [1.165, 1.54) is 52.4 Å². The summed E-state index contributed by atoms with van der Waals surface area (Å²) in [5, 5.41) is 0. The first-order valence-electron chi connectivity index (χ1n) is 7.98. The minimum absolute atomic E-state index is 0.00324. The largest absolute Gasteiger partial charge is 0.465 e. The van der Waals surface area contributed by atoms with E-state index in [4.69, 9.17) is 10.5 Å². The summed E-state index contributed by atoms with van der Waals surface area (Å²) >= 11 is 0. The number of esters is 1. The minimum Gasteiger partial charge on any atom is -0.465 e. The molecule has 0 unspecified atom stereocenters. The Hall–Kier alpha value is -0.640. The molecule has 0 spiro atoms. The van der Waals surface area contributed by atoms with E-state index in [-0.39, 0.29) is 6.42 Å². The summed E-state index contributed by atoms with van der Waals surface area (Å²) in [5.41, 5.74) is 4.16. The number of carbonyl (C=O) groups is 1. The van der Waals surface area contributed by atoms with Crippen molar-refractivity contribution in [3.05, 3.63) is 0 Å². The van der Waals surface area contributed by atoms with Gasteiger partial charge in [0.15, 0.2) is 0 Å². The van der Waals surface area contributed by atoms with E-state index in [0.29, 0.717) is 6.61 Å². The van der Waals surface area contributed by atoms with E-state index >= 15 is 0 Å². The lowest BCUT2D eigenvalue weighted by atomic mass is 10.0. The van der Waals surface area contributed by atoms with Crippen LogP contribution in [0.25, 0.3) is 0 Å². The van der Waals surface area contributed by atoms with Crippen molar-refractivity contribution in [1.29, 1.82) is 0 Å². The third-order valence-electron chi connectivity index (χ3n) is 3.25. The molecule has 0 fully saturated rings. The smallest absolute Gasteiger partial charge is 0.323 e. The lowest BCUT2D eigenvalue weighted by molar-refractivity contribution is -0.146. The maximum Gasteiger partial charge on any atom is 0.323 e. The second-order valence-electron chi connectivity index (χ2n) is 6.17. The topological polar surface area (TPSA) is 52.3 Å². The molecule has 0 rings (SSSR count). The molecule has 0 radical (unpaired) electrons. The van der Waals surface area contributed by atoms with Crippen LogP contribution in [-0.4, -0.2) is 24.3 Å². The Morgan fingerprint density at radius 3 is 2.10 bits per heavy atom. The van der Waals surface area contributed by atoms with Gasteiger partial charge in [-0.05, 0) is 20.3 Å². The fourth-order valence-corrected chi connectivity index (χ4v) is 2.12. The molecule has 0 aromatic carbocycles. The van der Waals surface area contributed by atoms with Crippen molar-refractivity contribution in [2.45, 2.75) is 90.3 Å². The summed E-state index contributed by atoms with van der Waals surface area (Å²) in [7, 11) is 0. The summed E-state index contributed by atoms with van der Waals surface area (Å²) in [6, 6.07) is -0.857. The zero-order chi connectivity index (χ0) is 15.4. The molecule has 0 aliphatic rings. The van der Waals surface area contributed by atoms with Gasteiger partial charge >= 0.3 is 5.97 Å². The average Bonchev–Trinajstić information content (AvgIpc) is 2.34. The number of nitrogens with two attached hydrogens (primary N) is 1. The highest BCUT2D eigenvalue weighted by molar-refractivity contribution is 5.75. The monoisotopic (exact) mass is 289 g/mol. The first-order chi connectivity index (χ1) is 9.37. The molecule has 0 aromatic rings. The van der Waals surface area contributed by atoms with E-state index in [1.54, 1.807) is 0 Å². The third-order valence-corrected chi connectivity index (χ3v) is 3.25. The van der Waals surface area contributed by atoms with Gasteiger partial charge in [0.1, 0.15) is 11.7 Å². The Labute approximate surface area is 123 Å². The molecule has 0 bridgehead atoms. The minimum atomic E-state index is -1.43. The lowest BCUT2D eigenvalue weighted by Crippen LogP contribution is -2.37. The Balaban J connectivity index is 3.44. The summed E-state index contributed by atoms with van der Waals surface area (Å²) < 4.78 is 18.4. The molecule has 3 nitrogen and oxygen atoms in total. The molecule has 0 saturated carbocycles. The fourth-order valence-electron chi connectivity index (χ4n) is 2.12. The SMILES string of the molecule is CCCCCCCCCCOC(=O)[C@@H](N)CC(C)(C)F. The highest BCUT2D eigenvalue weighted by Gasteiger charge is 2.25. The van der Waals surface area contributed by atoms with Gasteiger partial charge in [-0.15, -0.1) is 0 Å². The number of carbonyl (C=O) groups excluding carboxylic acids is 1. The number of hydrogen-bond acceptors (Lipinski definition) is 3. The van der Waals surface area contributed by atoms with Crippen LogP contribution in [0.3, 0.4) is 0 Å². The van der Waals surface area contributed by atoms with Gasteiger partial charge in [0.2, 0.25) is 0 Å². The second-order valence-corrected chi connectivity index (χ2v) is 6.17. The average molecular weight is 289 g/mol. The van der Waals surface area contributed by atoms with Gasteiger partial charge in [0, 0.05) is 6.42 Å². The van der Waals surface area contributed by atoms with Gasteiger partial charge in [0.25, 0.3) is 0 Å². The van der Waals surface area contributed by atoms with Crippen molar-refractivity contribution in [3.63, 3.8) is 0 Å². The number of alkyl halides is 1. The van der Waals surface area contributed by atoms with E-state index in [0.717, 1.165) is 12.8 Å². The zero-order valence-corrected chi connectivity index (χ0v) is 13.4. The van der Waals surface area contributed by atoms with E-state index in [2.05, 4.69) is 6.92 Å². The molecule has 0 aliphatic heterocycles. The molecule has 0 heterocycles. The van der Waals surface area contributed by atoms with Crippen molar-refractivity contribution < 1.29 is 13.9 Å². The summed E-state index contributed by atoms with van der Waals surface area (Å²) in [4.78, 5) is 11.5. The fraction of sp³-hybridized carbons (Fsp3) is 0.938. The van der Waals surface area contributed by atoms with Crippen molar-refractivity contribution in [2.24, 2.45) is 5.73 Å². The van der Waals surface area contributed by atoms with Crippen LogP contribution in [-0.2, 0) is 9.53 Å². The molecule has 20 heavy (non-hydrogen) atoms. The Morgan fingerprint density at radius 1 is 1.10 bits per heavy atom. The van der Waals surface area contributed by atoms with E-state index in [1.807, 2.05) is 0 Å². The van der Waals surface area contributed by atoms with Crippen LogP contribution in [0.5, 0.6) is 0 Å². The number of ether oxygens (including phenoxy) is 1. The van der Waals surface area contributed by atoms with Gasteiger partial charge in [-0.3, -0.25) is 4.79 Å². The first kappa shape index (κ1) is 19.4. The molecule has 0 aromatic heterocycles. The molecule has 2 N–H and O–H groups in total. The predicted molar refractivity (Wildman–Crippen MR) is 81.3 cm³/mol. The van der Waals surface area contributed by atoms with Gasteiger partial charge in [-0.25, -0.2) is 4.39 Å².